The largest absolute Gasteiger partial charge is 0.402 e. The van der Waals surface area contributed by atoms with Gasteiger partial charge in [0, 0.05) is 6.54 Å². The predicted molar refractivity (Wildman–Crippen MR) is 66.2 cm³/mol. The molecule has 1 aromatic carbocycles. The second-order valence-corrected chi connectivity index (χ2v) is 6.08. The number of halogens is 4. The van der Waals surface area contributed by atoms with Gasteiger partial charge in [-0.2, -0.15) is 22.7 Å². The lowest BCUT2D eigenvalue weighted by molar-refractivity contribution is -0.136. The van der Waals surface area contributed by atoms with Crippen molar-refractivity contribution in [1.82, 2.24) is 4.31 Å². The molecule has 9 heteroatoms. The molecule has 0 amide bonds. The van der Waals surface area contributed by atoms with Gasteiger partial charge in [0.05, 0.1) is 0 Å². The summed E-state index contributed by atoms with van der Waals surface area (Å²) in [4.78, 5) is -0.761. The maximum atomic E-state index is 13.4. The van der Waals surface area contributed by atoms with Crippen molar-refractivity contribution in [3.05, 3.63) is 29.6 Å². The lowest BCUT2D eigenvalue weighted by Crippen LogP contribution is -2.39. The fraction of sp³-hybridized carbons (Fsp3) is 0.417. The lowest BCUT2D eigenvalue weighted by Gasteiger charge is -2.23. The van der Waals surface area contributed by atoms with Gasteiger partial charge in [-0.1, -0.05) is 13.0 Å². The summed E-state index contributed by atoms with van der Waals surface area (Å²) in [6.45, 7) is -0.566. The monoisotopic (exact) mass is 324 g/mol. The molecule has 0 fully saturated rings. The molecular weight excluding hydrogens is 312 g/mol. The molecule has 0 bridgehead atoms. The molecule has 0 saturated heterocycles. The Morgan fingerprint density at radius 2 is 1.95 bits per heavy atom. The quantitative estimate of drug-likeness (QED) is 0.782. The summed E-state index contributed by atoms with van der Waals surface area (Å²) in [6.07, 6.45) is -4.59. The first-order valence-corrected chi connectivity index (χ1v) is 7.33. The van der Waals surface area contributed by atoms with Crippen molar-refractivity contribution >= 4 is 10.0 Å². The molecule has 1 rings (SSSR count). The normalized spacial score (nSPS) is 12.4. The van der Waals surface area contributed by atoms with Crippen molar-refractivity contribution in [2.75, 3.05) is 13.1 Å². The number of sulfonamides is 1. The number of benzene rings is 1. The van der Waals surface area contributed by atoms with Crippen molar-refractivity contribution in [2.24, 2.45) is 0 Å². The Morgan fingerprint density at radius 1 is 1.33 bits per heavy atom. The minimum absolute atomic E-state index is 0.145. The first-order valence-electron chi connectivity index (χ1n) is 5.89. The van der Waals surface area contributed by atoms with Crippen LogP contribution in [0.2, 0.25) is 0 Å². The van der Waals surface area contributed by atoms with Crippen LogP contribution in [-0.4, -0.2) is 32.0 Å². The summed E-state index contributed by atoms with van der Waals surface area (Å²) in [5.74, 6) is -1.10. The van der Waals surface area contributed by atoms with E-state index in [1.807, 2.05) is 0 Å². The molecule has 0 saturated carbocycles. The van der Waals surface area contributed by atoms with Crippen LogP contribution in [-0.2, 0) is 10.0 Å². The fourth-order valence-corrected chi connectivity index (χ4v) is 3.37. The molecule has 0 aromatic heterocycles. The lowest BCUT2D eigenvalue weighted by atomic mass is 10.2. The van der Waals surface area contributed by atoms with E-state index in [-0.39, 0.29) is 17.3 Å². The van der Waals surface area contributed by atoms with Crippen LogP contribution in [0.3, 0.4) is 0 Å². The predicted octanol–water partition coefficient (Wildman–Crippen LogP) is 2.66. The van der Waals surface area contributed by atoms with Gasteiger partial charge in [0.25, 0.3) is 0 Å². The van der Waals surface area contributed by atoms with Crippen LogP contribution in [0.5, 0.6) is 0 Å². The van der Waals surface area contributed by atoms with E-state index >= 15 is 0 Å². The summed E-state index contributed by atoms with van der Waals surface area (Å²) in [6, 6.07) is 4.18. The summed E-state index contributed by atoms with van der Waals surface area (Å²) in [5.41, 5.74) is -0.791. The third-order valence-electron chi connectivity index (χ3n) is 2.53. The van der Waals surface area contributed by atoms with E-state index < -0.39 is 39.0 Å². The molecule has 0 aliphatic carbocycles. The summed E-state index contributed by atoms with van der Waals surface area (Å²) in [7, 11) is -4.61. The maximum absolute atomic E-state index is 13.4. The smallest absolute Gasteiger partial charge is 0.207 e. The van der Waals surface area contributed by atoms with Crippen LogP contribution in [0.15, 0.2) is 23.1 Å². The molecule has 0 aliphatic heterocycles. The van der Waals surface area contributed by atoms with Crippen LogP contribution in [0.1, 0.15) is 18.9 Å². The van der Waals surface area contributed by atoms with Gasteiger partial charge in [-0.05, 0) is 18.6 Å². The molecule has 0 radical (unpaired) electrons. The number of alkyl halides is 3. The number of nitriles is 1. The number of nitrogens with zero attached hydrogens (tertiary/aromatic N) is 2. The fourth-order valence-electron chi connectivity index (χ4n) is 1.70. The third-order valence-corrected chi connectivity index (χ3v) is 4.42. The van der Waals surface area contributed by atoms with Crippen LogP contribution in [0, 0.1) is 17.1 Å². The Kier molecular flexibility index (Phi) is 5.31. The van der Waals surface area contributed by atoms with E-state index in [1.165, 1.54) is 13.0 Å². The van der Waals surface area contributed by atoms with Crippen LogP contribution < -0.4 is 0 Å². The SMILES string of the molecule is CCCN(CC(F)(F)F)S(=O)(=O)c1cccc(F)c1C#N. The minimum atomic E-state index is -4.73. The Hall–Kier alpha value is -1.66. The van der Waals surface area contributed by atoms with Gasteiger partial charge in [0.15, 0.2) is 0 Å². The molecule has 0 spiro atoms. The van der Waals surface area contributed by atoms with Crippen molar-refractivity contribution in [2.45, 2.75) is 24.4 Å². The Bertz CT molecular complexity index is 650. The molecule has 0 N–H and O–H groups in total. The zero-order valence-electron chi connectivity index (χ0n) is 11.0. The van der Waals surface area contributed by atoms with E-state index in [2.05, 4.69) is 0 Å². The molecule has 0 heterocycles. The van der Waals surface area contributed by atoms with E-state index in [9.17, 15) is 26.0 Å². The first kappa shape index (κ1) is 17.4. The van der Waals surface area contributed by atoms with Gasteiger partial charge in [0.2, 0.25) is 10.0 Å². The topological polar surface area (TPSA) is 61.2 Å². The van der Waals surface area contributed by atoms with Gasteiger partial charge >= 0.3 is 6.18 Å². The zero-order valence-corrected chi connectivity index (χ0v) is 11.8. The van der Waals surface area contributed by atoms with E-state index in [1.54, 1.807) is 0 Å². The van der Waals surface area contributed by atoms with Crippen molar-refractivity contribution < 1.29 is 26.0 Å². The number of hydrogen-bond acceptors (Lipinski definition) is 3. The molecule has 0 unspecified atom stereocenters. The molecule has 116 valence electrons. The van der Waals surface area contributed by atoms with Crippen molar-refractivity contribution in [3.63, 3.8) is 0 Å². The van der Waals surface area contributed by atoms with Crippen LogP contribution in [0.4, 0.5) is 17.6 Å². The van der Waals surface area contributed by atoms with Crippen LogP contribution in [0.25, 0.3) is 0 Å². The van der Waals surface area contributed by atoms with Gasteiger partial charge in [-0.15, -0.1) is 0 Å². The number of rotatable bonds is 5. The second-order valence-electron chi connectivity index (χ2n) is 4.18. The highest BCUT2D eigenvalue weighted by molar-refractivity contribution is 7.89. The molecule has 1 aromatic rings. The highest BCUT2D eigenvalue weighted by Gasteiger charge is 2.37. The third kappa shape index (κ3) is 4.15. The molecule has 0 atom stereocenters. The minimum Gasteiger partial charge on any atom is -0.207 e. The second kappa shape index (κ2) is 6.41. The van der Waals surface area contributed by atoms with E-state index in [0.717, 1.165) is 18.2 Å². The van der Waals surface area contributed by atoms with E-state index in [0.29, 0.717) is 0 Å². The maximum Gasteiger partial charge on any atom is 0.402 e. The first-order chi connectivity index (χ1) is 9.63. The Balaban J connectivity index is 3.37. The van der Waals surface area contributed by atoms with E-state index in [4.69, 9.17) is 5.26 Å². The van der Waals surface area contributed by atoms with Gasteiger partial charge in [-0.25, -0.2) is 12.8 Å². The highest BCUT2D eigenvalue weighted by atomic mass is 32.2. The summed E-state index contributed by atoms with van der Waals surface area (Å²) >= 11 is 0. The molecule has 21 heavy (non-hydrogen) atoms. The summed E-state index contributed by atoms with van der Waals surface area (Å²) in [5, 5.41) is 8.81. The Morgan fingerprint density at radius 3 is 2.43 bits per heavy atom. The average Bonchev–Trinajstić information content (AvgIpc) is 2.36. The molecular formula is C12H12F4N2O2S. The zero-order chi connectivity index (χ0) is 16.3. The standard InChI is InChI=1S/C12H12F4N2O2S/c1-2-6-18(8-12(14,15)16)21(19,20)11-5-3-4-10(13)9(11)7-17/h3-5H,2,6,8H2,1H3. The summed E-state index contributed by atoms with van der Waals surface area (Å²) < 4.78 is 75.6. The van der Waals surface area contributed by atoms with Crippen molar-refractivity contribution in [3.8, 4) is 6.07 Å². The van der Waals surface area contributed by atoms with Gasteiger partial charge in [0.1, 0.15) is 28.9 Å². The van der Waals surface area contributed by atoms with Crippen molar-refractivity contribution in [1.29, 1.82) is 5.26 Å². The number of hydrogen-bond donors (Lipinski definition) is 0. The van der Waals surface area contributed by atoms with Gasteiger partial charge in [-0.3, -0.25) is 0 Å². The highest BCUT2D eigenvalue weighted by Crippen LogP contribution is 2.26. The van der Waals surface area contributed by atoms with Crippen LogP contribution >= 0.6 is 0 Å². The Labute approximate surface area is 119 Å². The molecule has 4 nitrogen and oxygen atoms in total. The van der Waals surface area contributed by atoms with Gasteiger partial charge < -0.3 is 0 Å². The average molecular weight is 324 g/mol. The molecule has 0 aliphatic rings.